The zero-order valence-electron chi connectivity index (χ0n) is 7.64. The third-order valence-corrected chi connectivity index (χ3v) is 1.01. The van der Waals surface area contributed by atoms with Gasteiger partial charge in [0, 0.05) is 12.8 Å². The van der Waals surface area contributed by atoms with E-state index in [9.17, 15) is 9.59 Å². The molecular formula is C8H16O3. The van der Waals surface area contributed by atoms with Crippen LogP contribution < -0.4 is 0 Å². The van der Waals surface area contributed by atoms with E-state index in [0.717, 1.165) is 0 Å². The monoisotopic (exact) mass is 160 g/mol. The predicted octanol–water partition coefficient (Wildman–Crippen LogP) is 1.55. The summed E-state index contributed by atoms with van der Waals surface area (Å²) in [7, 11) is 1.38. The summed E-state index contributed by atoms with van der Waals surface area (Å²) in [6, 6.07) is 0. The zero-order chi connectivity index (χ0) is 9.28. The smallest absolute Gasteiger partial charge is 0.305 e. The number of Topliss-reactive ketones (excluding diaryl/α,β-unsaturated/α-hetero) is 1. The highest BCUT2D eigenvalue weighted by Crippen LogP contribution is 1.76. The summed E-state index contributed by atoms with van der Waals surface area (Å²) in [6.45, 7) is 5.19. The first kappa shape index (κ1) is 12.8. The van der Waals surface area contributed by atoms with Crippen LogP contribution in [0.25, 0.3) is 0 Å². The molecule has 0 bridgehead atoms. The Morgan fingerprint density at radius 1 is 1.18 bits per heavy atom. The second-order valence-electron chi connectivity index (χ2n) is 1.99. The van der Waals surface area contributed by atoms with Crippen LogP contribution in [0.15, 0.2) is 0 Å². The maximum absolute atomic E-state index is 9.96. The minimum absolute atomic E-state index is 0.157. The van der Waals surface area contributed by atoms with Gasteiger partial charge in [-0.1, -0.05) is 13.8 Å². The van der Waals surface area contributed by atoms with Crippen LogP contribution in [0.2, 0.25) is 0 Å². The number of methoxy groups -OCH3 is 1. The van der Waals surface area contributed by atoms with Crippen LogP contribution in [0, 0.1) is 0 Å². The Hall–Kier alpha value is -0.860. The molecular weight excluding hydrogens is 144 g/mol. The van der Waals surface area contributed by atoms with E-state index in [1.54, 1.807) is 13.8 Å². The lowest BCUT2D eigenvalue weighted by Gasteiger charge is -1.87. The molecule has 0 rings (SSSR count). The van der Waals surface area contributed by atoms with E-state index >= 15 is 0 Å². The molecule has 66 valence electrons. The molecule has 0 saturated carbocycles. The van der Waals surface area contributed by atoms with Gasteiger partial charge in [-0.05, 0) is 6.92 Å². The molecule has 0 aliphatic rings. The molecule has 0 saturated heterocycles. The van der Waals surface area contributed by atoms with E-state index < -0.39 is 0 Å². The van der Waals surface area contributed by atoms with Crippen LogP contribution in [-0.4, -0.2) is 18.9 Å². The first-order valence-electron chi connectivity index (χ1n) is 3.64. The fourth-order valence-electron chi connectivity index (χ4n) is 0.144. The van der Waals surface area contributed by atoms with E-state index in [4.69, 9.17) is 0 Å². The SMILES string of the molecule is CCC(=O)OC.CCC(C)=O. The van der Waals surface area contributed by atoms with Crippen LogP contribution in [0.4, 0.5) is 0 Å². The van der Waals surface area contributed by atoms with Crippen molar-refractivity contribution in [2.75, 3.05) is 7.11 Å². The van der Waals surface area contributed by atoms with Crippen LogP contribution in [0.1, 0.15) is 33.6 Å². The maximum atomic E-state index is 9.96. The van der Waals surface area contributed by atoms with Crippen molar-refractivity contribution in [3.63, 3.8) is 0 Å². The zero-order valence-corrected chi connectivity index (χ0v) is 7.64. The van der Waals surface area contributed by atoms with Gasteiger partial charge in [0.1, 0.15) is 5.78 Å². The second kappa shape index (κ2) is 9.14. The number of hydrogen-bond donors (Lipinski definition) is 0. The summed E-state index contributed by atoms with van der Waals surface area (Å²) in [6.07, 6.45) is 1.14. The second-order valence-corrected chi connectivity index (χ2v) is 1.99. The molecule has 0 amide bonds. The molecule has 0 aromatic carbocycles. The van der Waals surface area contributed by atoms with E-state index in [1.165, 1.54) is 7.11 Å². The lowest BCUT2D eigenvalue weighted by molar-refractivity contribution is -0.140. The first-order chi connectivity index (χ1) is 5.08. The van der Waals surface area contributed by atoms with Gasteiger partial charge in [0.25, 0.3) is 0 Å². The van der Waals surface area contributed by atoms with Crippen LogP contribution in [-0.2, 0) is 14.3 Å². The normalized spacial score (nSPS) is 7.64. The summed E-state index contributed by atoms with van der Waals surface area (Å²) >= 11 is 0. The number of ether oxygens (including phenoxy) is 1. The minimum Gasteiger partial charge on any atom is -0.469 e. The molecule has 0 aromatic heterocycles. The van der Waals surface area contributed by atoms with Gasteiger partial charge in [0.15, 0.2) is 0 Å². The first-order valence-corrected chi connectivity index (χ1v) is 3.64. The Morgan fingerprint density at radius 2 is 1.55 bits per heavy atom. The molecule has 0 aromatic rings. The van der Waals surface area contributed by atoms with Crippen molar-refractivity contribution < 1.29 is 14.3 Å². The van der Waals surface area contributed by atoms with E-state index in [2.05, 4.69) is 4.74 Å². The number of carbonyl (C=O) groups is 2. The highest BCUT2D eigenvalue weighted by molar-refractivity contribution is 5.74. The molecule has 0 aliphatic heterocycles. The fraction of sp³-hybridized carbons (Fsp3) is 0.750. The third kappa shape index (κ3) is 17.6. The quantitative estimate of drug-likeness (QED) is 0.576. The molecule has 0 fully saturated rings. The van der Waals surface area contributed by atoms with Crippen molar-refractivity contribution in [2.24, 2.45) is 0 Å². The lowest BCUT2D eigenvalue weighted by Crippen LogP contribution is -1.94. The number of esters is 1. The fourth-order valence-corrected chi connectivity index (χ4v) is 0.144. The van der Waals surface area contributed by atoms with Crippen LogP contribution in [0.5, 0.6) is 0 Å². The Balaban J connectivity index is 0. The lowest BCUT2D eigenvalue weighted by atomic mass is 10.4. The summed E-state index contributed by atoms with van der Waals surface area (Å²) in [5, 5.41) is 0. The van der Waals surface area contributed by atoms with Crippen LogP contribution in [0.3, 0.4) is 0 Å². The van der Waals surface area contributed by atoms with Crippen molar-refractivity contribution in [1.29, 1.82) is 0 Å². The number of ketones is 1. The van der Waals surface area contributed by atoms with Gasteiger partial charge < -0.3 is 9.53 Å². The minimum atomic E-state index is -0.157. The largest absolute Gasteiger partial charge is 0.469 e. The van der Waals surface area contributed by atoms with Gasteiger partial charge in [-0.15, -0.1) is 0 Å². The number of carbonyl (C=O) groups excluding carboxylic acids is 2. The van der Waals surface area contributed by atoms with Gasteiger partial charge in [0.2, 0.25) is 0 Å². The van der Waals surface area contributed by atoms with Crippen molar-refractivity contribution in [3.05, 3.63) is 0 Å². The molecule has 0 aliphatic carbocycles. The summed E-state index contributed by atoms with van der Waals surface area (Å²) in [5.41, 5.74) is 0. The average molecular weight is 160 g/mol. The summed E-state index contributed by atoms with van der Waals surface area (Å²) in [5.74, 6) is 0.0972. The van der Waals surface area contributed by atoms with Crippen molar-refractivity contribution >= 4 is 11.8 Å². The molecule has 0 atom stereocenters. The Bertz CT molecular complexity index is 113. The van der Waals surface area contributed by atoms with Gasteiger partial charge in [-0.25, -0.2) is 0 Å². The molecule has 11 heavy (non-hydrogen) atoms. The van der Waals surface area contributed by atoms with Crippen LogP contribution >= 0.6 is 0 Å². The van der Waals surface area contributed by atoms with E-state index in [1.807, 2.05) is 6.92 Å². The van der Waals surface area contributed by atoms with E-state index in [0.29, 0.717) is 12.8 Å². The summed E-state index contributed by atoms with van der Waals surface area (Å²) in [4.78, 5) is 19.8. The highest BCUT2D eigenvalue weighted by atomic mass is 16.5. The Morgan fingerprint density at radius 3 is 1.55 bits per heavy atom. The highest BCUT2D eigenvalue weighted by Gasteiger charge is 1.87. The summed E-state index contributed by atoms with van der Waals surface area (Å²) < 4.78 is 4.26. The molecule has 3 heteroatoms. The van der Waals surface area contributed by atoms with Gasteiger partial charge >= 0.3 is 5.97 Å². The maximum Gasteiger partial charge on any atom is 0.305 e. The standard InChI is InChI=1S/C4H8O2.C4H8O/c1-3-4(5)6-2;1-3-4(2)5/h3H2,1-2H3;3H2,1-2H3. The third-order valence-electron chi connectivity index (χ3n) is 1.01. The molecule has 0 N–H and O–H groups in total. The average Bonchev–Trinajstić information content (AvgIpc) is 2.04. The topological polar surface area (TPSA) is 43.4 Å². The van der Waals surface area contributed by atoms with Gasteiger partial charge in [-0.2, -0.15) is 0 Å². The molecule has 0 radical (unpaired) electrons. The number of hydrogen-bond acceptors (Lipinski definition) is 3. The van der Waals surface area contributed by atoms with Gasteiger partial charge in [-0.3, -0.25) is 4.79 Å². The molecule has 3 nitrogen and oxygen atoms in total. The number of rotatable bonds is 2. The van der Waals surface area contributed by atoms with Crippen molar-refractivity contribution in [3.8, 4) is 0 Å². The predicted molar refractivity (Wildman–Crippen MR) is 43.3 cm³/mol. The Kier molecular flexibility index (Phi) is 10.6. The molecule has 0 unspecified atom stereocenters. The van der Waals surface area contributed by atoms with Gasteiger partial charge in [0.05, 0.1) is 7.11 Å². The molecule has 0 spiro atoms. The van der Waals surface area contributed by atoms with Crippen molar-refractivity contribution in [1.82, 2.24) is 0 Å². The van der Waals surface area contributed by atoms with E-state index in [-0.39, 0.29) is 11.8 Å². The molecule has 0 heterocycles. The Labute approximate surface area is 67.7 Å². The van der Waals surface area contributed by atoms with Crippen molar-refractivity contribution in [2.45, 2.75) is 33.6 Å².